The number of Topliss-reactive ketones (excluding diaryl/α,β-unsaturated/α-hetero) is 1. The lowest BCUT2D eigenvalue weighted by molar-refractivity contribution is 0.0476. The molecule has 166 valence electrons. The van der Waals surface area contributed by atoms with Crippen molar-refractivity contribution in [3.8, 4) is 0 Å². The van der Waals surface area contributed by atoms with Gasteiger partial charge in [-0.15, -0.1) is 0 Å². The van der Waals surface area contributed by atoms with Gasteiger partial charge in [0.1, 0.15) is 5.76 Å². The monoisotopic (exact) mass is 448 g/mol. The Morgan fingerprint density at radius 3 is 2.68 bits per heavy atom. The Bertz CT molecular complexity index is 1590. The zero-order valence-corrected chi connectivity index (χ0v) is 18.2. The topological polar surface area (TPSA) is 85.2 Å². The number of ether oxygens (including phenoxy) is 1. The minimum absolute atomic E-state index is 0.251. The van der Waals surface area contributed by atoms with Gasteiger partial charge in [-0.25, -0.2) is 9.78 Å². The number of furan rings is 1. The summed E-state index contributed by atoms with van der Waals surface area (Å²) in [6.45, 7) is -0.332. The van der Waals surface area contributed by atoms with E-state index in [1.54, 1.807) is 12.5 Å². The molecule has 0 amide bonds. The van der Waals surface area contributed by atoms with Crippen LogP contribution in [0.25, 0.3) is 33.5 Å². The smallest absolute Gasteiger partial charge is 0.339 e. The fourth-order valence-corrected chi connectivity index (χ4v) is 4.64. The van der Waals surface area contributed by atoms with Crippen molar-refractivity contribution in [3.63, 3.8) is 0 Å². The lowest BCUT2D eigenvalue weighted by Gasteiger charge is -2.12. The number of nitrogens with one attached hydrogen (secondary N) is 1. The van der Waals surface area contributed by atoms with E-state index in [0.29, 0.717) is 23.1 Å². The first-order valence-corrected chi connectivity index (χ1v) is 11.1. The van der Waals surface area contributed by atoms with Crippen molar-refractivity contribution in [1.82, 2.24) is 9.97 Å². The Morgan fingerprint density at radius 2 is 1.82 bits per heavy atom. The molecule has 6 heteroatoms. The van der Waals surface area contributed by atoms with Crippen LogP contribution < -0.4 is 0 Å². The Morgan fingerprint density at radius 1 is 1.00 bits per heavy atom. The normalized spacial score (nSPS) is 14.1. The van der Waals surface area contributed by atoms with E-state index in [4.69, 9.17) is 14.1 Å². The molecule has 3 aromatic heterocycles. The predicted octanol–water partition coefficient (Wildman–Crippen LogP) is 5.84. The number of benzene rings is 2. The summed E-state index contributed by atoms with van der Waals surface area (Å²) in [5.74, 6) is -0.0206. The molecule has 0 atom stereocenters. The molecular weight excluding hydrogens is 428 g/mol. The van der Waals surface area contributed by atoms with Gasteiger partial charge in [-0.1, -0.05) is 36.4 Å². The fraction of sp³-hybridized carbons (Fsp3) is 0.107. The average Bonchev–Trinajstić information content (AvgIpc) is 3.62. The second-order valence-corrected chi connectivity index (χ2v) is 8.26. The first kappa shape index (κ1) is 20.2. The van der Waals surface area contributed by atoms with Crippen molar-refractivity contribution in [2.45, 2.75) is 12.8 Å². The number of fused-ring (bicyclic) bond motifs is 3. The number of H-pyrrole nitrogens is 1. The number of pyridine rings is 1. The van der Waals surface area contributed by atoms with Crippen molar-refractivity contribution in [2.75, 3.05) is 6.61 Å². The highest BCUT2D eigenvalue weighted by atomic mass is 16.5. The summed E-state index contributed by atoms with van der Waals surface area (Å²) in [6.07, 6.45) is 6.66. The summed E-state index contributed by atoms with van der Waals surface area (Å²) in [4.78, 5) is 34.1. The highest BCUT2D eigenvalue weighted by molar-refractivity contribution is 6.11. The van der Waals surface area contributed by atoms with E-state index in [1.165, 1.54) is 0 Å². The molecule has 0 aliphatic heterocycles. The molecule has 0 fully saturated rings. The number of allylic oxidation sites excluding steroid dienone is 1. The number of aromatic amines is 1. The summed E-state index contributed by atoms with van der Waals surface area (Å²) in [6, 6.07) is 18.8. The van der Waals surface area contributed by atoms with Gasteiger partial charge in [0.05, 0.1) is 23.0 Å². The van der Waals surface area contributed by atoms with E-state index in [-0.39, 0.29) is 12.4 Å². The second kappa shape index (κ2) is 8.15. The van der Waals surface area contributed by atoms with E-state index in [9.17, 15) is 9.59 Å². The van der Waals surface area contributed by atoms with Gasteiger partial charge in [-0.2, -0.15) is 0 Å². The molecule has 3 heterocycles. The molecule has 1 aliphatic carbocycles. The Kier molecular flexibility index (Phi) is 4.84. The number of aromatic nitrogens is 2. The van der Waals surface area contributed by atoms with Crippen LogP contribution in [0.15, 0.2) is 77.5 Å². The second-order valence-electron chi connectivity index (χ2n) is 8.26. The largest absolute Gasteiger partial charge is 0.465 e. The number of esters is 1. The van der Waals surface area contributed by atoms with Crippen LogP contribution >= 0.6 is 0 Å². The Hall–Kier alpha value is -4.45. The standard InChI is InChI=1S/C28H20N2O4/c31-25(22-15-29-23-9-3-1-7-19(22)23)16-34-28(32)26-20-8-2-4-10-24(20)30-27-17(11-12-21(26)27)14-18-6-5-13-33-18/h1-10,13-15,29H,11-12,16H2. The lowest BCUT2D eigenvalue weighted by Crippen LogP contribution is -2.16. The molecular formula is C28H20N2O4. The summed E-state index contributed by atoms with van der Waals surface area (Å²) >= 11 is 0. The molecule has 0 radical (unpaired) electrons. The molecule has 6 rings (SSSR count). The molecule has 0 unspecified atom stereocenters. The number of hydrogen-bond acceptors (Lipinski definition) is 5. The van der Waals surface area contributed by atoms with E-state index in [1.807, 2.05) is 66.7 Å². The van der Waals surface area contributed by atoms with Crippen molar-refractivity contribution in [3.05, 3.63) is 101 Å². The minimum atomic E-state index is -0.512. The molecule has 1 aliphatic rings. The van der Waals surface area contributed by atoms with E-state index >= 15 is 0 Å². The third-order valence-electron chi connectivity index (χ3n) is 6.23. The van der Waals surface area contributed by atoms with Crippen molar-refractivity contribution < 1.29 is 18.7 Å². The molecule has 0 spiro atoms. The third kappa shape index (κ3) is 3.40. The number of ketones is 1. The van der Waals surface area contributed by atoms with Crippen molar-refractivity contribution in [2.24, 2.45) is 0 Å². The van der Waals surface area contributed by atoms with Crippen molar-refractivity contribution in [1.29, 1.82) is 0 Å². The van der Waals surface area contributed by atoms with Crippen LogP contribution in [0.5, 0.6) is 0 Å². The summed E-state index contributed by atoms with van der Waals surface area (Å²) in [7, 11) is 0. The van der Waals surface area contributed by atoms with Gasteiger partial charge in [-0.05, 0) is 54.3 Å². The summed E-state index contributed by atoms with van der Waals surface area (Å²) < 4.78 is 11.0. The highest BCUT2D eigenvalue weighted by Gasteiger charge is 2.28. The first-order chi connectivity index (χ1) is 16.7. The predicted molar refractivity (Wildman–Crippen MR) is 130 cm³/mol. The van der Waals surface area contributed by atoms with Gasteiger partial charge >= 0.3 is 5.97 Å². The maximum absolute atomic E-state index is 13.3. The zero-order valence-electron chi connectivity index (χ0n) is 18.2. The zero-order chi connectivity index (χ0) is 23.1. The Balaban J connectivity index is 1.34. The average molecular weight is 448 g/mol. The molecule has 1 N–H and O–H groups in total. The molecule has 5 aromatic rings. The van der Waals surface area contributed by atoms with Crippen LogP contribution in [0.2, 0.25) is 0 Å². The molecule has 0 bridgehead atoms. The van der Waals surface area contributed by atoms with E-state index < -0.39 is 5.97 Å². The van der Waals surface area contributed by atoms with Gasteiger partial charge in [0.2, 0.25) is 5.78 Å². The number of para-hydroxylation sites is 2. The van der Waals surface area contributed by atoms with Gasteiger partial charge < -0.3 is 14.1 Å². The van der Waals surface area contributed by atoms with Crippen LogP contribution in [0.4, 0.5) is 0 Å². The molecule has 0 saturated heterocycles. The van der Waals surface area contributed by atoms with Crippen LogP contribution in [0.3, 0.4) is 0 Å². The van der Waals surface area contributed by atoms with Crippen LogP contribution in [-0.2, 0) is 11.2 Å². The van der Waals surface area contributed by atoms with E-state index in [2.05, 4.69) is 4.98 Å². The van der Waals surface area contributed by atoms with E-state index in [0.717, 1.165) is 45.3 Å². The summed E-state index contributed by atoms with van der Waals surface area (Å²) in [5, 5.41) is 1.54. The first-order valence-electron chi connectivity index (χ1n) is 11.1. The number of nitrogens with zero attached hydrogens (tertiary/aromatic N) is 1. The van der Waals surface area contributed by atoms with Gasteiger partial charge in [0.15, 0.2) is 6.61 Å². The minimum Gasteiger partial charge on any atom is -0.465 e. The number of carbonyl (C=O) groups is 2. The quantitative estimate of drug-likeness (QED) is 0.270. The molecule has 34 heavy (non-hydrogen) atoms. The number of carbonyl (C=O) groups excluding carboxylic acids is 2. The molecule has 2 aromatic carbocycles. The van der Waals surface area contributed by atoms with Crippen molar-refractivity contribution >= 4 is 45.2 Å². The SMILES string of the molecule is O=C(OCC(=O)c1c[nH]c2ccccc12)c1c2c(nc3ccccc13)C(=Cc1ccco1)CC2. The van der Waals surface area contributed by atoms with Crippen LogP contribution in [-0.4, -0.2) is 28.3 Å². The van der Waals surface area contributed by atoms with Gasteiger partial charge in [-0.3, -0.25) is 4.79 Å². The maximum atomic E-state index is 13.3. The van der Waals surface area contributed by atoms with Crippen LogP contribution in [0.1, 0.15) is 44.2 Å². The molecule has 6 nitrogen and oxygen atoms in total. The van der Waals surface area contributed by atoms with Gasteiger partial charge in [0, 0.05) is 28.0 Å². The lowest BCUT2D eigenvalue weighted by atomic mass is 10.0. The highest BCUT2D eigenvalue weighted by Crippen LogP contribution is 2.37. The van der Waals surface area contributed by atoms with Crippen LogP contribution in [0, 0.1) is 0 Å². The number of hydrogen-bond donors (Lipinski definition) is 1. The fourth-order valence-electron chi connectivity index (χ4n) is 4.64. The third-order valence-corrected chi connectivity index (χ3v) is 6.23. The maximum Gasteiger partial charge on any atom is 0.339 e. The Labute approximate surface area is 194 Å². The number of rotatable bonds is 5. The van der Waals surface area contributed by atoms with Gasteiger partial charge in [0.25, 0.3) is 0 Å². The molecule has 0 saturated carbocycles. The summed E-state index contributed by atoms with van der Waals surface area (Å²) in [5.41, 5.74) is 5.21.